The Morgan fingerprint density at radius 3 is 2.48 bits per heavy atom. The van der Waals surface area contributed by atoms with Crippen LogP contribution >= 0.6 is 0 Å². The highest BCUT2D eigenvalue weighted by atomic mass is 16.2. The first-order valence-electron chi connectivity index (χ1n) is 8.12. The summed E-state index contributed by atoms with van der Waals surface area (Å²) in [7, 11) is 5.96. The number of rotatable bonds is 4. The lowest BCUT2D eigenvalue weighted by atomic mass is 10.1. The minimum Gasteiger partial charge on any atom is -0.362 e. The van der Waals surface area contributed by atoms with Crippen molar-refractivity contribution in [2.75, 3.05) is 44.0 Å². The van der Waals surface area contributed by atoms with Crippen LogP contribution in [0.15, 0.2) is 6.20 Å². The molecule has 1 amide bonds. The van der Waals surface area contributed by atoms with Gasteiger partial charge < -0.3 is 14.7 Å². The number of hydrogen-bond donors (Lipinski definition) is 0. The Balaban J connectivity index is 2.07. The molecule has 2 rings (SSSR count). The highest BCUT2D eigenvalue weighted by molar-refractivity contribution is 5.79. The van der Waals surface area contributed by atoms with E-state index in [2.05, 4.69) is 35.6 Å². The molecule has 1 atom stereocenters. The fourth-order valence-electron chi connectivity index (χ4n) is 3.08. The van der Waals surface area contributed by atoms with Gasteiger partial charge in [-0.15, -0.1) is 0 Å². The lowest BCUT2D eigenvalue weighted by Crippen LogP contribution is -2.42. The van der Waals surface area contributed by atoms with Crippen molar-refractivity contribution >= 4 is 17.7 Å². The molecule has 0 radical (unpaired) electrons. The summed E-state index contributed by atoms with van der Waals surface area (Å²) in [6.07, 6.45) is 2.46. The number of likely N-dealkylation sites (tertiary alicyclic amines) is 1. The topological polar surface area (TPSA) is 52.6 Å². The predicted octanol–water partition coefficient (Wildman–Crippen LogP) is 1.93. The average Bonchev–Trinajstić information content (AvgIpc) is 2.79. The zero-order valence-electron chi connectivity index (χ0n) is 15.4. The van der Waals surface area contributed by atoms with Crippen LogP contribution in [0.25, 0.3) is 0 Å². The Hall–Kier alpha value is -1.85. The first-order chi connectivity index (χ1) is 10.6. The molecule has 1 aromatic rings. The molecule has 2 heterocycles. The van der Waals surface area contributed by atoms with E-state index in [1.54, 1.807) is 0 Å². The van der Waals surface area contributed by atoms with Crippen LogP contribution in [0.4, 0.5) is 11.8 Å². The number of nitrogens with zero attached hydrogens (tertiary/aromatic N) is 5. The maximum absolute atomic E-state index is 12.2. The molecule has 6 heteroatoms. The van der Waals surface area contributed by atoms with Gasteiger partial charge in [-0.3, -0.25) is 4.79 Å². The van der Waals surface area contributed by atoms with E-state index in [1.165, 1.54) is 0 Å². The standard InChI is InChI=1S/C17H29N5O/c1-12-9-18-16(19-15(12)20(5)6)21(7)10-13-8-14(23)22(11-13)17(2,3)4/h9,13H,8,10-11H2,1-7H3/t13-/m0/s1. The van der Waals surface area contributed by atoms with E-state index in [1.807, 2.05) is 44.1 Å². The van der Waals surface area contributed by atoms with E-state index >= 15 is 0 Å². The maximum atomic E-state index is 12.2. The van der Waals surface area contributed by atoms with Crippen molar-refractivity contribution in [3.8, 4) is 0 Å². The summed E-state index contributed by atoms with van der Waals surface area (Å²) < 4.78 is 0. The number of anilines is 2. The lowest BCUT2D eigenvalue weighted by molar-refractivity contribution is -0.131. The first-order valence-corrected chi connectivity index (χ1v) is 8.12. The fraction of sp³-hybridized carbons (Fsp3) is 0.706. The molecule has 1 aromatic heterocycles. The van der Waals surface area contributed by atoms with Crippen molar-refractivity contribution in [1.82, 2.24) is 14.9 Å². The van der Waals surface area contributed by atoms with Crippen LogP contribution in [0.2, 0.25) is 0 Å². The summed E-state index contributed by atoms with van der Waals surface area (Å²) in [5, 5.41) is 0. The summed E-state index contributed by atoms with van der Waals surface area (Å²) in [4.78, 5) is 27.3. The van der Waals surface area contributed by atoms with Gasteiger partial charge in [0.2, 0.25) is 11.9 Å². The Morgan fingerprint density at radius 2 is 1.96 bits per heavy atom. The molecular weight excluding hydrogens is 290 g/mol. The number of amides is 1. The first kappa shape index (κ1) is 17.5. The van der Waals surface area contributed by atoms with Crippen molar-refractivity contribution in [3.05, 3.63) is 11.8 Å². The maximum Gasteiger partial charge on any atom is 0.227 e. The number of hydrogen-bond acceptors (Lipinski definition) is 5. The molecule has 1 saturated heterocycles. The Bertz CT molecular complexity index is 579. The largest absolute Gasteiger partial charge is 0.362 e. The zero-order valence-corrected chi connectivity index (χ0v) is 15.4. The van der Waals surface area contributed by atoms with Gasteiger partial charge in [-0.1, -0.05) is 0 Å². The summed E-state index contributed by atoms with van der Waals surface area (Å²) in [6.45, 7) is 9.86. The van der Waals surface area contributed by atoms with E-state index in [0.29, 0.717) is 18.3 Å². The van der Waals surface area contributed by atoms with Crippen molar-refractivity contribution in [1.29, 1.82) is 0 Å². The molecule has 23 heavy (non-hydrogen) atoms. The molecule has 0 bridgehead atoms. The smallest absolute Gasteiger partial charge is 0.227 e. The molecule has 1 aliphatic heterocycles. The van der Waals surface area contributed by atoms with E-state index in [4.69, 9.17) is 0 Å². The van der Waals surface area contributed by atoms with Crippen LogP contribution in [0.5, 0.6) is 0 Å². The Labute approximate surface area is 139 Å². The summed E-state index contributed by atoms with van der Waals surface area (Å²) >= 11 is 0. The highest BCUT2D eigenvalue weighted by Crippen LogP contribution is 2.27. The minimum atomic E-state index is -0.108. The molecule has 6 nitrogen and oxygen atoms in total. The van der Waals surface area contributed by atoms with E-state index in [-0.39, 0.29) is 11.4 Å². The van der Waals surface area contributed by atoms with Crippen LogP contribution in [0, 0.1) is 12.8 Å². The molecular formula is C17H29N5O. The minimum absolute atomic E-state index is 0.108. The normalized spacial score (nSPS) is 18.5. The summed E-state index contributed by atoms with van der Waals surface area (Å²) in [6, 6.07) is 0. The molecule has 1 fully saturated rings. The molecule has 0 aliphatic carbocycles. The third kappa shape index (κ3) is 3.92. The van der Waals surface area contributed by atoms with Gasteiger partial charge in [0.25, 0.3) is 0 Å². The molecule has 1 aliphatic rings. The van der Waals surface area contributed by atoms with Crippen LogP contribution in [0.1, 0.15) is 32.8 Å². The van der Waals surface area contributed by atoms with Gasteiger partial charge in [0.15, 0.2) is 0 Å². The second-order valence-corrected chi connectivity index (χ2v) is 7.70. The van der Waals surface area contributed by atoms with Crippen LogP contribution < -0.4 is 9.80 Å². The third-order valence-electron chi connectivity index (χ3n) is 4.24. The summed E-state index contributed by atoms with van der Waals surface area (Å²) in [5.74, 6) is 2.20. The SMILES string of the molecule is Cc1cnc(N(C)C[C@@H]2CC(=O)N(C(C)(C)C)C2)nc1N(C)C. The van der Waals surface area contributed by atoms with Gasteiger partial charge in [-0.2, -0.15) is 4.98 Å². The van der Waals surface area contributed by atoms with Crippen molar-refractivity contribution in [2.24, 2.45) is 5.92 Å². The van der Waals surface area contributed by atoms with Crippen LogP contribution in [-0.4, -0.2) is 60.5 Å². The number of carbonyl (C=O) groups is 1. The van der Waals surface area contributed by atoms with E-state index in [9.17, 15) is 4.79 Å². The van der Waals surface area contributed by atoms with Gasteiger partial charge in [0.05, 0.1) is 0 Å². The van der Waals surface area contributed by atoms with Crippen molar-refractivity contribution in [2.45, 2.75) is 39.7 Å². The molecule has 0 saturated carbocycles. The zero-order chi connectivity index (χ0) is 17.4. The molecule has 0 unspecified atom stereocenters. The lowest BCUT2D eigenvalue weighted by Gasteiger charge is -2.32. The molecule has 128 valence electrons. The van der Waals surface area contributed by atoms with Gasteiger partial charge in [-0.05, 0) is 27.7 Å². The van der Waals surface area contributed by atoms with Crippen molar-refractivity contribution < 1.29 is 4.79 Å². The Kier molecular flexibility index (Phi) is 4.82. The van der Waals surface area contributed by atoms with E-state index in [0.717, 1.165) is 24.5 Å². The second kappa shape index (κ2) is 6.34. The monoisotopic (exact) mass is 319 g/mol. The van der Waals surface area contributed by atoms with Gasteiger partial charge in [-0.25, -0.2) is 4.98 Å². The quantitative estimate of drug-likeness (QED) is 0.849. The Morgan fingerprint density at radius 1 is 1.30 bits per heavy atom. The average molecular weight is 319 g/mol. The van der Waals surface area contributed by atoms with Gasteiger partial charge in [0.1, 0.15) is 5.82 Å². The fourth-order valence-corrected chi connectivity index (χ4v) is 3.08. The second-order valence-electron chi connectivity index (χ2n) is 7.70. The summed E-state index contributed by atoms with van der Waals surface area (Å²) in [5.41, 5.74) is 0.949. The van der Waals surface area contributed by atoms with E-state index < -0.39 is 0 Å². The van der Waals surface area contributed by atoms with Crippen LogP contribution in [-0.2, 0) is 4.79 Å². The molecule has 0 N–H and O–H groups in total. The molecule has 0 aromatic carbocycles. The van der Waals surface area contributed by atoms with Gasteiger partial charge >= 0.3 is 0 Å². The number of carbonyl (C=O) groups excluding carboxylic acids is 1. The highest BCUT2D eigenvalue weighted by Gasteiger charge is 2.36. The number of aryl methyl sites for hydroxylation is 1. The predicted molar refractivity (Wildman–Crippen MR) is 93.9 cm³/mol. The van der Waals surface area contributed by atoms with Gasteiger partial charge in [0, 0.05) is 63.9 Å². The van der Waals surface area contributed by atoms with Crippen molar-refractivity contribution in [3.63, 3.8) is 0 Å². The molecule has 0 spiro atoms. The number of aromatic nitrogens is 2. The third-order valence-corrected chi connectivity index (χ3v) is 4.24. The van der Waals surface area contributed by atoms with Crippen LogP contribution in [0.3, 0.4) is 0 Å².